The molecule has 0 aromatic heterocycles. The monoisotopic (exact) mass is 348 g/mol. The second-order valence-electron chi connectivity index (χ2n) is 4.95. The van der Waals surface area contributed by atoms with Gasteiger partial charge in [0.05, 0.1) is 7.11 Å². The van der Waals surface area contributed by atoms with Gasteiger partial charge < -0.3 is 23.7 Å². The van der Waals surface area contributed by atoms with Crippen LogP contribution in [0.1, 0.15) is 20.8 Å². The lowest BCUT2D eigenvalue weighted by molar-refractivity contribution is -0.336. The van der Waals surface area contributed by atoms with Crippen LogP contribution in [0.15, 0.2) is 24.3 Å². The molecule has 0 bridgehead atoms. The number of ether oxygens (including phenoxy) is 5. The van der Waals surface area contributed by atoms with E-state index >= 15 is 0 Å². The second-order valence-corrected chi connectivity index (χ2v) is 6.26. The van der Waals surface area contributed by atoms with E-state index in [4.69, 9.17) is 18.9 Å². The van der Waals surface area contributed by atoms with E-state index in [1.807, 2.05) is 0 Å². The maximum Gasteiger partial charge on any atom is 0.335 e. The molecule has 7 nitrogen and oxygen atoms in total. The summed E-state index contributed by atoms with van der Waals surface area (Å²) < 4.78 is 25.2. The van der Waals surface area contributed by atoms with Gasteiger partial charge in [-0.3, -0.25) is 0 Å². The maximum absolute atomic E-state index is 11.5. The molecule has 0 amide bonds. The zero-order valence-electron chi connectivity index (χ0n) is 15.3. The van der Waals surface area contributed by atoms with Crippen LogP contribution in [0, 0.1) is 0 Å². The van der Waals surface area contributed by atoms with Gasteiger partial charge >= 0.3 is 11.9 Å². The lowest BCUT2D eigenvalue weighted by atomic mass is 10.3. The topological polar surface area (TPSA) is 80.3 Å². The minimum absolute atomic E-state index is 0.298. The van der Waals surface area contributed by atoms with Crippen molar-refractivity contribution >= 4 is 22.2 Å². The first kappa shape index (κ1) is 23.8. The van der Waals surface area contributed by atoms with E-state index in [0.29, 0.717) is 21.4 Å². The van der Waals surface area contributed by atoms with E-state index in [1.54, 1.807) is 20.8 Å². The standard InChI is InChI=1S/C10H20O5Si.C5H8O2/c1-7(2)8(11)15-10(16,14-6)9(3,12-4)13-5;1-4(2)5(6)7-3/h1H2,2-6,16H3;1H2,2-3H3. The molecule has 0 saturated carbocycles. The number of carbonyl (C=O) groups excluding carboxylic acids is 2. The van der Waals surface area contributed by atoms with Crippen molar-refractivity contribution < 1.29 is 33.3 Å². The van der Waals surface area contributed by atoms with Gasteiger partial charge in [-0.25, -0.2) is 9.59 Å². The Morgan fingerprint density at radius 2 is 1.26 bits per heavy atom. The minimum atomic E-state index is -1.22. The number of hydrogen-bond acceptors (Lipinski definition) is 7. The largest absolute Gasteiger partial charge is 0.466 e. The van der Waals surface area contributed by atoms with Crippen molar-refractivity contribution in [3.8, 4) is 0 Å². The normalized spacial score (nSPS) is 13.2. The van der Waals surface area contributed by atoms with Gasteiger partial charge in [-0.15, -0.1) is 0 Å². The first-order valence-electron chi connectivity index (χ1n) is 6.72. The summed E-state index contributed by atoms with van der Waals surface area (Å²) in [6.45, 7) is 11.7. The smallest absolute Gasteiger partial charge is 0.335 e. The molecule has 0 aliphatic heterocycles. The number of rotatable bonds is 7. The summed E-state index contributed by atoms with van der Waals surface area (Å²) in [7, 11) is 6.08. The third-order valence-corrected chi connectivity index (χ3v) is 4.68. The van der Waals surface area contributed by atoms with Crippen molar-refractivity contribution in [1.29, 1.82) is 0 Å². The molecule has 0 spiro atoms. The van der Waals surface area contributed by atoms with Crippen molar-refractivity contribution in [3.63, 3.8) is 0 Å². The molecule has 8 heteroatoms. The quantitative estimate of drug-likeness (QED) is 0.287. The molecule has 0 aliphatic carbocycles. The van der Waals surface area contributed by atoms with Crippen molar-refractivity contribution in [1.82, 2.24) is 0 Å². The molecule has 1 atom stereocenters. The van der Waals surface area contributed by atoms with E-state index in [0.717, 1.165) is 0 Å². The summed E-state index contributed by atoms with van der Waals surface area (Å²) in [6, 6.07) is 0. The van der Waals surface area contributed by atoms with Gasteiger partial charge in [0.2, 0.25) is 11.2 Å². The number of esters is 2. The molecule has 0 aromatic rings. The molecular formula is C15H28O7Si. The summed E-state index contributed by atoms with van der Waals surface area (Å²) in [4.78, 5) is 21.7. The molecule has 0 aromatic carbocycles. The lowest BCUT2D eigenvalue weighted by Crippen LogP contribution is -2.59. The minimum Gasteiger partial charge on any atom is -0.466 e. The van der Waals surface area contributed by atoms with E-state index in [1.165, 1.54) is 28.4 Å². The van der Waals surface area contributed by atoms with Crippen molar-refractivity contribution in [2.45, 2.75) is 32.0 Å². The van der Waals surface area contributed by atoms with Gasteiger partial charge in [-0.2, -0.15) is 0 Å². The lowest BCUT2D eigenvalue weighted by Gasteiger charge is -2.41. The van der Waals surface area contributed by atoms with Crippen LogP contribution in [-0.2, 0) is 33.3 Å². The van der Waals surface area contributed by atoms with Crippen LogP contribution in [0.4, 0.5) is 0 Å². The highest BCUT2D eigenvalue weighted by Gasteiger charge is 2.49. The molecule has 0 heterocycles. The Hall–Kier alpha value is -1.48. The predicted octanol–water partition coefficient (Wildman–Crippen LogP) is 0.516. The summed E-state index contributed by atoms with van der Waals surface area (Å²) in [5.74, 6) is -2.02. The molecule has 1 unspecified atom stereocenters. The average Bonchev–Trinajstić information content (AvgIpc) is 2.52. The van der Waals surface area contributed by atoms with Crippen molar-refractivity contribution in [2.24, 2.45) is 0 Å². The van der Waals surface area contributed by atoms with Gasteiger partial charge in [0.1, 0.15) is 10.2 Å². The third-order valence-electron chi connectivity index (χ3n) is 3.16. The molecule has 0 radical (unpaired) electrons. The van der Waals surface area contributed by atoms with Crippen molar-refractivity contribution in [3.05, 3.63) is 24.3 Å². The Kier molecular flexibility index (Phi) is 10.7. The molecule has 0 saturated heterocycles. The van der Waals surface area contributed by atoms with Crippen LogP contribution in [-0.4, -0.2) is 61.8 Å². The highest BCUT2D eigenvalue weighted by atomic mass is 28.1. The van der Waals surface area contributed by atoms with Crippen LogP contribution < -0.4 is 0 Å². The predicted molar refractivity (Wildman–Crippen MR) is 89.8 cm³/mol. The Labute approximate surface area is 141 Å². The zero-order valence-corrected chi connectivity index (χ0v) is 17.3. The van der Waals surface area contributed by atoms with Crippen LogP contribution in [0.3, 0.4) is 0 Å². The Morgan fingerprint density at radius 1 is 0.870 bits per heavy atom. The van der Waals surface area contributed by atoms with Gasteiger partial charge in [0.25, 0.3) is 0 Å². The molecular weight excluding hydrogens is 320 g/mol. The van der Waals surface area contributed by atoms with Crippen LogP contribution in [0.2, 0.25) is 0 Å². The fourth-order valence-electron chi connectivity index (χ4n) is 1.21. The summed E-state index contributed by atoms with van der Waals surface area (Å²) in [6.07, 6.45) is 0. The Bertz CT molecular complexity index is 443. The Morgan fingerprint density at radius 3 is 1.43 bits per heavy atom. The van der Waals surface area contributed by atoms with Crippen molar-refractivity contribution in [2.75, 3.05) is 28.4 Å². The highest BCUT2D eigenvalue weighted by Crippen LogP contribution is 2.29. The third kappa shape index (κ3) is 7.08. The summed E-state index contributed by atoms with van der Waals surface area (Å²) in [5, 5.41) is 0. The number of carbonyl (C=O) groups is 2. The first-order chi connectivity index (χ1) is 10.4. The first-order valence-corrected chi connectivity index (χ1v) is 7.72. The maximum atomic E-state index is 11.5. The second kappa shape index (κ2) is 10.3. The van der Waals surface area contributed by atoms with Crippen LogP contribution in [0.25, 0.3) is 0 Å². The Balaban J connectivity index is 0. The van der Waals surface area contributed by atoms with Crippen LogP contribution in [0.5, 0.6) is 0 Å². The van der Waals surface area contributed by atoms with Gasteiger partial charge in [-0.05, 0) is 20.8 Å². The fraction of sp³-hybridized carbons (Fsp3) is 0.600. The van der Waals surface area contributed by atoms with E-state index in [9.17, 15) is 9.59 Å². The fourth-order valence-corrected chi connectivity index (χ4v) is 1.81. The van der Waals surface area contributed by atoms with E-state index < -0.39 is 17.2 Å². The van der Waals surface area contributed by atoms with Crippen LogP contribution >= 0.6 is 0 Å². The molecule has 0 N–H and O–H groups in total. The number of methoxy groups -OCH3 is 4. The summed E-state index contributed by atoms with van der Waals surface area (Å²) in [5.41, 5.74) is -0.485. The zero-order chi connectivity index (χ0) is 18.8. The molecule has 23 heavy (non-hydrogen) atoms. The number of hydrogen-bond donors (Lipinski definition) is 0. The van der Waals surface area contributed by atoms with E-state index in [-0.39, 0.29) is 5.97 Å². The molecule has 134 valence electrons. The average molecular weight is 348 g/mol. The van der Waals surface area contributed by atoms with Gasteiger partial charge in [0.15, 0.2) is 0 Å². The summed E-state index contributed by atoms with van der Waals surface area (Å²) >= 11 is 0. The van der Waals surface area contributed by atoms with E-state index in [2.05, 4.69) is 17.9 Å². The molecule has 0 fully saturated rings. The van der Waals surface area contributed by atoms with Gasteiger partial charge in [-0.1, -0.05) is 13.2 Å². The van der Waals surface area contributed by atoms with Gasteiger partial charge in [0, 0.05) is 32.5 Å². The molecule has 0 aliphatic rings. The highest BCUT2D eigenvalue weighted by molar-refractivity contribution is 6.15. The molecule has 0 rings (SSSR count). The SMILES string of the molecule is C=C(C)C(=O)OC.C=C(C)C(=O)OC([SiH3])(OC)C(C)(OC)OC.